The third-order valence-electron chi connectivity index (χ3n) is 5.03. The quantitative estimate of drug-likeness (QED) is 0.222. The molecule has 0 amide bonds. The fourth-order valence-corrected chi connectivity index (χ4v) is 4.30. The molecule has 0 bridgehead atoms. The van der Waals surface area contributed by atoms with Gasteiger partial charge in [0.05, 0.1) is 33.4 Å². The molecule has 0 fully saturated rings. The summed E-state index contributed by atoms with van der Waals surface area (Å²) in [6, 6.07) is 9.36. The predicted molar refractivity (Wildman–Crippen MR) is 146 cm³/mol. The molecule has 2 aromatic carbocycles. The standard InChI is InChI=1S/C25H29BrIN3O3/c1-7-15(3)33-22-19(27)11-16(12-21(22)32-8-2)14-28-30-23(31)18-13-17(26)9-10-20(18)29-24(30)25(4,5)6/h9-15H,7-8H2,1-6H3/t15-/m1/s1. The van der Waals surface area contributed by atoms with Crippen LogP contribution in [-0.2, 0) is 5.41 Å². The summed E-state index contributed by atoms with van der Waals surface area (Å²) in [5, 5.41) is 5.08. The Morgan fingerprint density at radius 1 is 1.24 bits per heavy atom. The lowest BCUT2D eigenvalue weighted by Crippen LogP contribution is -2.29. The highest BCUT2D eigenvalue weighted by Crippen LogP contribution is 2.35. The molecule has 33 heavy (non-hydrogen) atoms. The highest BCUT2D eigenvalue weighted by Gasteiger charge is 2.23. The summed E-state index contributed by atoms with van der Waals surface area (Å²) in [4.78, 5) is 18.1. The molecule has 0 unspecified atom stereocenters. The van der Waals surface area contributed by atoms with Gasteiger partial charge in [-0.15, -0.1) is 0 Å². The Kier molecular flexibility index (Phi) is 8.21. The van der Waals surface area contributed by atoms with Crippen molar-refractivity contribution >= 4 is 55.6 Å². The highest BCUT2D eigenvalue weighted by atomic mass is 127. The topological polar surface area (TPSA) is 65.7 Å². The van der Waals surface area contributed by atoms with E-state index in [2.05, 4.69) is 50.5 Å². The van der Waals surface area contributed by atoms with Crippen LogP contribution < -0.4 is 15.0 Å². The van der Waals surface area contributed by atoms with Gasteiger partial charge in [0.2, 0.25) is 0 Å². The van der Waals surface area contributed by atoms with Crippen LogP contribution in [0.2, 0.25) is 0 Å². The van der Waals surface area contributed by atoms with Crippen molar-refractivity contribution in [2.75, 3.05) is 6.61 Å². The summed E-state index contributed by atoms with van der Waals surface area (Å²) in [6.07, 6.45) is 2.64. The number of fused-ring (bicyclic) bond motifs is 1. The van der Waals surface area contributed by atoms with Gasteiger partial charge in [0, 0.05) is 9.89 Å². The number of benzene rings is 2. The van der Waals surface area contributed by atoms with Gasteiger partial charge in [-0.05, 0) is 78.8 Å². The van der Waals surface area contributed by atoms with Gasteiger partial charge in [0.25, 0.3) is 5.56 Å². The zero-order chi connectivity index (χ0) is 24.3. The van der Waals surface area contributed by atoms with E-state index in [0.29, 0.717) is 29.1 Å². The summed E-state index contributed by atoms with van der Waals surface area (Å²) < 4.78 is 15.1. The van der Waals surface area contributed by atoms with E-state index in [0.717, 1.165) is 25.8 Å². The minimum absolute atomic E-state index is 0.0770. The SMILES string of the molecule is CCOc1cc(C=Nn2c(C(C)(C)C)nc3ccc(Br)cc3c2=O)cc(I)c1O[C@H](C)CC. The van der Waals surface area contributed by atoms with Crippen molar-refractivity contribution < 1.29 is 9.47 Å². The number of nitrogens with zero attached hydrogens (tertiary/aromatic N) is 3. The largest absolute Gasteiger partial charge is 0.490 e. The second-order valence-electron chi connectivity index (χ2n) is 8.81. The van der Waals surface area contributed by atoms with E-state index < -0.39 is 0 Å². The molecule has 0 N–H and O–H groups in total. The Balaban J connectivity index is 2.13. The summed E-state index contributed by atoms with van der Waals surface area (Å²) >= 11 is 5.69. The van der Waals surface area contributed by atoms with E-state index in [9.17, 15) is 4.79 Å². The molecule has 3 rings (SSSR count). The van der Waals surface area contributed by atoms with Crippen molar-refractivity contribution in [3.8, 4) is 11.5 Å². The first-order valence-electron chi connectivity index (χ1n) is 10.9. The van der Waals surface area contributed by atoms with Gasteiger partial charge < -0.3 is 9.47 Å². The Bertz CT molecular complexity index is 1250. The fraction of sp³-hybridized carbons (Fsp3) is 0.400. The molecule has 1 aromatic heterocycles. The minimum Gasteiger partial charge on any atom is -0.490 e. The van der Waals surface area contributed by atoms with Crippen LogP contribution in [0.25, 0.3) is 10.9 Å². The molecule has 1 heterocycles. The number of hydrogen-bond acceptors (Lipinski definition) is 5. The van der Waals surface area contributed by atoms with E-state index in [-0.39, 0.29) is 17.1 Å². The molecule has 8 heteroatoms. The van der Waals surface area contributed by atoms with Crippen LogP contribution in [0.4, 0.5) is 0 Å². The summed E-state index contributed by atoms with van der Waals surface area (Å²) in [7, 11) is 0. The Morgan fingerprint density at radius 3 is 2.61 bits per heavy atom. The molecule has 0 aliphatic carbocycles. The molecule has 0 radical (unpaired) electrons. The first-order chi connectivity index (χ1) is 15.5. The molecule has 1 atom stereocenters. The van der Waals surface area contributed by atoms with E-state index in [1.807, 2.05) is 58.9 Å². The van der Waals surface area contributed by atoms with Gasteiger partial charge in [-0.1, -0.05) is 43.6 Å². The lowest BCUT2D eigenvalue weighted by Gasteiger charge is -2.21. The molecule has 6 nitrogen and oxygen atoms in total. The number of aromatic nitrogens is 2. The third kappa shape index (κ3) is 5.95. The van der Waals surface area contributed by atoms with Crippen LogP contribution in [0.3, 0.4) is 0 Å². The Labute approximate surface area is 216 Å². The maximum absolute atomic E-state index is 13.4. The lowest BCUT2D eigenvalue weighted by molar-refractivity contribution is 0.201. The monoisotopic (exact) mass is 625 g/mol. The van der Waals surface area contributed by atoms with Crippen molar-refractivity contribution in [2.24, 2.45) is 5.10 Å². The van der Waals surface area contributed by atoms with E-state index in [4.69, 9.17) is 14.5 Å². The number of rotatable bonds is 7. The minimum atomic E-state index is -0.378. The molecule has 176 valence electrons. The second kappa shape index (κ2) is 10.5. The van der Waals surface area contributed by atoms with Gasteiger partial charge in [-0.2, -0.15) is 9.78 Å². The molecule has 3 aromatic rings. The van der Waals surface area contributed by atoms with Gasteiger partial charge >= 0.3 is 0 Å². The summed E-state index contributed by atoms with van der Waals surface area (Å²) in [5.74, 6) is 1.99. The zero-order valence-electron chi connectivity index (χ0n) is 19.8. The average Bonchev–Trinajstić information content (AvgIpc) is 2.75. The average molecular weight is 626 g/mol. The Hall–Kier alpha value is -1.94. The van der Waals surface area contributed by atoms with Crippen LogP contribution in [0, 0.1) is 3.57 Å². The van der Waals surface area contributed by atoms with E-state index in [1.165, 1.54) is 4.68 Å². The maximum Gasteiger partial charge on any atom is 0.282 e. The van der Waals surface area contributed by atoms with Crippen LogP contribution in [0.15, 0.2) is 44.7 Å². The first kappa shape index (κ1) is 25.7. The first-order valence-corrected chi connectivity index (χ1v) is 12.8. The van der Waals surface area contributed by atoms with Crippen LogP contribution in [0.5, 0.6) is 11.5 Å². The molecular weight excluding hydrogens is 597 g/mol. The molecule has 0 aliphatic heterocycles. The molecule has 0 saturated carbocycles. The smallest absolute Gasteiger partial charge is 0.282 e. The van der Waals surface area contributed by atoms with Crippen LogP contribution in [-0.4, -0.2) is 28.6 Å². The lowest BCUT2D eigenvalue weighted by atomic mass is 9.95. The molecule has 0 saturated heterocycles. The third-order valence-corrected chi connectivity index (χ3v) is 6.32. The van der Waals surface area contributed by atoms with E-state index >= 15 is 0 Å². The fourth-order valence-electron chi connectivity index (χ4n) is 3.19. The molecule has 0 spiro atoms. The van der Waals surface area contributed by atoms with Gasteiger partial charge in [0.15, 0.2) is 11.5 Å². The van der Waals surface area contributed by atoms with E-state index in [1.54, 1.807) is 12.3 Å². The van der Waals surface area contributed by atoms with Crippen molar-refractivity contribution in [3.63, 3.8) is 0 Å². The predicted octanol–water partition coefficient (Wildman–Crippen LogP) is 6.52. The van der Waals surface area contributed by atoms with Crippen molar-refractivity contribution in [3.05, 3.63) is 60.1 Å². The highest BCUT2D eigenvalue weighted by molar-refractivity contribution is 14.1. The number of hydrogen-bond donors (Lipinski definition) is 0. The zero-order valence-corrected chi connectivity index (χ0v) is 23.5. The maximum atomic E-state index is 13.4. The summed E-state index contributed by atoms with van der Waals surface area (Å²) in [5.41, 5.74) is 0.870. The molecular formula is C25H29BrIN3O3. The van der Waals surface area contributed by atoms with Crippen molar-refractivity contribution in [1.29, 1.82) is 0 Å². The molecule has 0 aliphatic rings. The van der Waals surface area contributed by atoms with Crippen molar-refractivity contribution in [1.82, 2.24) is 9.66 Å². The second-order valence-corrected chi connectivity index (χ2v) is 10.9. The Morgan fingerprint density at radius 2 is 1.97 bits per heavy atom. The number of ether oxygens (including phenoxy) is 2. The van der Waals surface area contributed by atoms with Gasteiger partial charge in [0.1, 0.15) is 5.82 Å². The van der Waals surface area contributed by atoms with Gasteiger partial charge in [-0.3, -0.25) is 4.79 Å². The normalized spacial score (nSPS) is 13.0. The summed E-state index contributed by atoms with van der Waals surface area (Å²) in [6.45, 7) is 12.6. The van der Waals surface area contributed by atoms with Crippen LogP contribution in [0.1, 0.15) is 59.4 Å². The van der Waals surface area contributed by atoms with Crippen LogP contribution >= 0.6 is 38.5 Å². The number of halogens is 2. The van der Waals surface area contributed by atoms with Crippen molar-refractivity contribution in [2.45, 2.75) is 59.5 Å². The van der Waals surface area contributed by atoms with Gasteiger partial charge in [-0.25, -0.2) is 4.98 Å².